The summed E-state index contributed by atoms with van der Waals surface area (Å²) in [7, 11) is 0. The summed E-state index contributed by atoms with van der Waals surface area (Å²) in [5, 5.41) is 10.2. The van der Waals surface area contributed by atoms with E-state index in [2.05, 4.69) is 4.90 Å². The number of rotatable bonds is 3. The van der Waals surface area contributed by atoms with Gasteiger partial charge in [-0.2, -0.15) is 0 Å². The fraction of sp³-hybridized carbons (Fsp3) is 0.625. The van der Waals surface area contributed by atoms with Crippen molar-refractivity contribution in [2.24, 2.45) is 0 Å². The van der Waals surface area contributed by atoms with Crippen LogP contribution in [0.2, 0.25) is 5.02 Å². The predicted octanol–water partition coefficient (Wildman–Crippen LogP) is 2.50. The van der Waals surface area contributed by atoms with E-state index in [9.17, 15) is 5.11 Å². The lowest BCUT2D eigenvalue weighted by atomic mass is 10.1. The quantitative estimate of drug-likeness (QED) is 0.931. The van der Waals surface area contributed by atoms with Crippen molar-refractivity contribution in [1.29, 1.82) is 0 Å². The van der Waals surface area contributed by atoms with Gasteiger partial charge in [0.25, 0.3) is 0 Å². The van der Waals surface area contributed by atoms with Crippen LogP contribution in [0.15, 0.2) is 12.1 Å². The van der Waals surface area contributed by atoms with E-state index in [0.717, 1.165) is 51.1 Å². The molecule has 4 nitrogen and oxygen atoms in total. The average Bonchev–Trinajstić information content (AvgIpc) is 2.72. The van der Waals surface area contributed by atoms with Gasteiger partial charge in [0.15, 0.2) is 11.5 Å². The van der Waals surface area contributed by atoms with Crippen LogP contribution in [-0.2, 0) is 6.42 Å². The maximum atomic E-state index is 9.53. The summed E-state index contributed by atoms with van der Waals surface area (Å²) in [6, 6.07) is 4.03. The van der Waals surface area contributed by atoms with Crippen LogP contribution in [0.3, 0.4) is 0 Å². The number of fused-ring (bicyclic) bond motifs is 1. The molecular weight excluding hydrogens is 290 g/mol. The molecule has 2 aliphatic heterocycles. The van der Waals surface area contributed by atoms with E-state index in [4.69, 9.17) is 21.1 Å². The smallest absolute Gasteiger partial charge is 0.179 e. The summed E-state index contributed by atoms with van der Waals surface area (Å²) in [6.45, 7) is 4.26. The lowest BCUT2D eigenvalue weighted by Gasteiger charge is -2.29. The van der Waals surface area contributed by atoms with Gasteiger partial charge < -0.3 is 19.5 Å². The molecule has 0 saturated carbocycles. The van der Waals surface area contributed by atoms with E-state index in [1.165, 1.54) is 5.56 Å². The standard InChI is InChI=1S/C16H22ClNO3/c17-14-10-12(2-5-18-6-3-13(19)4-7-18)11-15-16(14)21-9-1-8-20-15/h10-11,13,19H,1-9H2. The van der Waals surface area contributed by atoms with E-state index in [0.29, 0.717) is 24.0 Å². The molecule has 0 amide bonds. The highest BCUT2D eigenvalue weighted by molar-refractivity contribution is 6.32. The molecule has 0 radical (unpaired) electrons. The molecule has 1 saturated heterocycles. The number of ether oxygens (including phenoxy) is 2. The number of hydrogen-bond donors (Lipinski definition) is 1. The van der Waals surface area contributed by atoms with Gasteiger partial charge in [0.1, 0.15) is 0 Å². The Morgan fingerprint density at radius 1 is 1.19 bits per heavy atom. The van der Waals surface area contributed by atoms with E-state index in [1.807, 2.05) is 12.1 Å². The summed E-state index contributed by atoms with van der Waals surface area (Å²) in [5.41, 5.74) is 1.18. The van der Waals surface area contributed by atoms with Gasteiger partial charge in [-0.1, -0.05) is 11.6 Å². The Labute approximate surface area is 130 Å². The van der Waals surface area contributed by atoms with Crippen molar-refractivity contribution in [3.05, 3.63) is 22.7 Å². The SMILES string of the molecule is OC1CCN(CCc2cc(Cl)c3c(c2)OCCCO3)CC1. The lowest BCUT2D eigenvalue weighted by Crippen LogP contribution is -2.37. The van der Waals surface area contributed by atoms with E-state index in [1.54, 1.807) is 0 Å². The van der Waals surface area contributed by atoms with Gasteiger partial charge in [0.05, 0.1) is 24.3 Å². The van der Waals surface area contributed by atoms with Gasteiger partial charge in [0.2, 0.25) is 0 Å². The third-order valence-corrected chi connectivity index (χ3v) is 4.42. The topological polar surface area (TPSA) is 41.9 Å². The third-order valence-electron chi connectivity index (χ3n) is 4.14. The molecule has 1 fully saturated rings. The molecule has 2 aliphatic rings. The van der Waals surface area contributed by atoms with Crippen molar-refractivity contribution in [1.82, 2.24) is 4.90 Å². The zero-order valence-corrected chi connectivity index (χ0v) is 12.9. The molecule has 5 heteroatoms. The lowest BCUT2D eigenvalue weighted by molar-refractivity contribution is 0.0832. The van der Waals surface area contributed by atoms with Crippen LogP contribution in [-0.4, -0.2) is 49.0 Å². The number of aliphatic hydroxyl groups is 1. The van der Waals surface area contributed by atoms with Gasteiger partial charge >= 0.3 is 0 Å². The normalized spacial score (nSPS) is 20.3. The van der Waals surface area contributed by atoms with Crippen LogP contribution in [0.5, 0.6) is 11.5 Å². The Bertz CT molecular complexity index is 487. The maximum absolute atomic E-state index is 9.53. The predicted molar refractivity (Wildman–Crippen MR) is 82.4 cm³/mol. The molecule has 0 bridgehead atoms. The molecule has 0 spiro atoms. The number of halogens is 1. The molecule has 116 valence electrons. The highest BCUT2D eigenvalue weighted by Crippen LogP contribution is 2.38. The molecule has 21 heavy (non-hydrogen) atoms. The van der Waals surface area contributed by atoms with Crippen LogP contribution < -0.4 is 9.47 Å². The molecule has 3 rings (SSSR count). The highest BCUT2D eigenvalue weighted by atomic mass is 35.5. The Morgan fingerprint density at radius 2 is 1.95 bits per heavy atom. The molecule has 0 atom stereocenters. The molecule has 1 aromatic rings. The summed E-state index contributed by atoms with van der Waals surface area (Å²) < 4.78 is 11.4. The number of likely N-dealkylation sites (tertiary alicyclic amines) is 1. The monoisotopic (exact) mass is 311 g/mol. The molecule has 1 N–H and O–H groups in total. The molecule has 0 aromatic heterocycles. The summed E-state index contributed by atoms with van der Waals surface area (Å²) in [4.78, 5) is 2.39. The van der Waals surface area contributed by atoms with Gasteiger partial charge in [-0.05, 0) is 37.0 Å². The number of benzene rings is 1. The third kappa shape index (κ3) is 3.82. The first-order valence-electron chi connectivity index (χ1n) is 7.71. The molecule has 0 aliphatic carbocycles. The first-order chi connectivity index (χ1) is 10.2. The fourth-order valence-electron chi connectivity index (χ4n) is 2.86. The second-order valence-corrected chi connectivity index (χ2v) is 6.19. The maximum Gasteiger partial charge on any atom is 0.179 e. The molecular formula is C16H22ClNO3. The van der Waals surface area contributed by atoms with Crippen molar-refractivity contribution < 1.29 is 14.6 Å². The first-order valence-corrected chi connectivity index (χ1v) is 8.08. The van der Waals surface area contributed by atoms with Crippen molar-refractivity contribution >= 4 is 11.6 Å². The van der Waals surface area contributed by atoms with Crippen molar-refractivity contribution in [3.63, 3.8) is 0 Å². The Kier molecular flexibility index (Phi) is 4.88. The van der Waals surface area contributed by atoms with Gasteiger partial charge in [-0.25, -0.2) is 0 Å². The van der Waals surface area contributed by atoms with E-state index >= 15 is 0 Å². The minimum Gasteiger partial charge on any atom is -0.489 e. The zero-order chi connectivity index (χ0) is 14.7. The Morgan fingerprint density at radius 3 is 2.76 bits per heavy atom. The van der Waals surface area contributed by atoms with Crippen molar-refractivity contribution in [3.8, 4) is 11.5 Å². The molecule has 1 aromatic carbocycles. The van der Waals surface area contributed by atoms with Crippen LogP contribution in [0.1, 0.15) is 24.8 Å². The van der Waals surface area contributed by atoms with E-state index in [-0.39, 0.29) is 6.10 Å². The van der Waals surface area contributed by atoms with Crippen LogP contribution in [0, 0.1) is 0 Å². The van der Waals surface area contributed by atoms with Crippen molar-refractivity contribution in [2.45, 2.75) is 31.8 Å². The average molecular weight is 312 g/mol. The number of aliphatic hydroxyl groups excluding tert-OH is 1. The molecule has 0 unspecified atom stereocenters. The number of piperidine rings is 1. The minimum absolute atomic E-state index is 0.117. The van der Waals surface area contributed by atoms with Crippen LogP contribution in [0.25, 0.3) is 0 Å². The second kappa shape index (κ2) is 6.86. The molecule has 2 heterocycles. The first kappa shape index (κ1) is 14.9. The highest BCUT2D eigenvalue weighted by Gasteiger charge is 2.18. The minimum atomic E-state index is -0.117. The van der Waals surface area contributed by atoms with Gasteiger partial charge in [0, 0.05) is 26.1 Å². The fourth-order valence-corrected chi connectivity index (χ4v) is 3.15. The van der Waals surface area contributed by atoms with Crippen LogP contribution in [0.4, 0.5) is 0 Å². The number of nitrogens with zero attached hydrogens (tertiary/aromatic N) is 1. The Hall–Kier alpha value is -0.970. The second-order valence-electron chi connectivity index (χ2n) is 5.78. The van der Waals surface area contributed by atoms with Crippen molar-refractivity contribution in [2.75, 3.05) is 32.8 Å². The van der Waals surface area contributed by atoms with E-state index < -0.39 is 0 Å². The van der Waals surface area contributed by atoms with Gasteiger partial charge in [-0.3, -0.25) is 0 Å². The summed E-state index contributed by atoms with van der Waals surface area (Å²) >= 11 is 6.31. The summed E-state index contributed by atoms with van der Waals surface area (Å²) in [6.07, 6.45) is 3.46. The zero-order valence-electron chi connectivity index (χ0n) is 12.2. The van der Waals surface area contributed by atoms with Crippen LogP contribution >= 0.6 is 11.6 Å². The number of hydrogen-bond acceptors (Lipinski definition) is 4. The Balaban J connectivity index is 1.63. The van der Waals surface area contributed by atoms with Gasteiger partial charge in [-0.15, -0.1) is 0 Å². The largest absolute Gasteiger partial charge is 0.489 e. The summed E-state index contributed by atoms with van der Waals surface area (Å²) in [5.74, 6) is 1.45.